The van der Waals surface area contributed by atoms with Crippen molar-refractivity contribution in [3.05, 3.63) is 34.4 Å². The maximum Gasteiger partial charge on any atom is 0.160 e. The van der Waals surface area contributed by atoms with Gasteiger partial charge in [-0.2, -0.15) is 0 Å². The molecular weight excluding hydrogens is 268 g/mol. The highest BCUT2D eigenvalue weighted by molar-refractivity contribution is 6.31. The molecule has 0 aliphatic heterocycles. The monoisotopic (exact) mass is 289 g/mol. The zero-order valence-electron chi connectivity index (χ0n) is 11.6. The van der Waals surface area contributed by atoms with Gasteiger partial charge in [0.2, 0.25) is 0 Å². The van der Waals surface area contributed by atoms with Crippen LogP contribution in [-0.4, -0.2) is 6.54 Å². The van der Waals surface area contributed by atoms with E-state index in [1.165, 1.54) is 18.9 Å². The largest absolute Gasteiger partial charge is 0.310 e. The normalized spacial score (nSPS) is 12.7. The Hall–Kier alpha value is -0.670. The Morgan fingerprint density at radius 3 is 2.42 bits per heavy atom. The van der Waals surface area contributed by atoms with E-state index in [-0.39, 0.29) is 6.04 Å². The predicted molar refractivity (Wildman–Crippen MR) is 76.5 cm³/mol. The second-order valence-corrected chi connectivity index (χ2v) is 5.15. The topological polar surface area (TPSA) is 12.0 Å². The molecule has 0 fully saturated rings. The molecule has 0 spiro atoms. The molecule has 0 aliphatic rings. The van der Waals surface area contributed by atoms with Gasteiger partial charge in [-0.15, -0.1) is 0 Å². The Kier molecular flexibility index (Phi) is 7.32. The first-order valence-corrected chi connectivity index (χ1v) is 7.35. The van der Waals surface area contributed by atoms with Gasteiger partial charge < -0.3 is 5.32 Å². The fraction of sp³-hybridized carbons (Fsp3) is 0.600. The molecule has 108 valence electrons. The fourth-order valence-electron chi connectivity index (χ4n) is 2.19. The van der Waals surface area contributed by atoms with Crippen molar-refractivity contribution < 1.29 is 8.78 Å². The molecule has 1 atom stereocenters. The van der Waals surface area contributed by atoms with Crippen molar-refractivity contribution in [1.29, 1.82) is 0 Å². The zero-order chi connectivity index (χ0) is 14.3. The van der Waals surface area contributed by atoms with Gasteiger partial charge in [-0.05, 0) is 30.7 Å². The molecular formula is C15H22ClF2N. The molecule has 1 aromatic carbocycles. The molecule has 0 bridgehead atoms. The third-order valence-electron chi connectivity index (χ3n) is 3.21. The van der Waals surface area contributed by atoms with E-state index in [1.54, 1.807) is 0 Å². The Balaban J connectivity index is 2.77. The van der Waals surface area contributed by atoms with E-state index in [0.29, 0.717) is 10.6 Å². The lowest BCUT2D eigenvalue weighted by Crippen LogP contribution is -2.21. The van der Waals surface area contributed by atoms with Crippen LogP contribution in [0.15, 0.2) is 12.1 Å². The van der Waals surface area contributed by atoms with E-state index in [0.717, 1.165) is 31.9 Å². The summed E-state index contributed by atoms with van der Waals surface area (Å²) in [5.74, 6) is -1.73. The van der Waals surface area contributed by atoms with Crippen molar-refractivity contribution in [2.45, 2.75) is 52.0 Å². The summed E-state index contributed by atoms with van der Waals surface area (Å²) in [4.78, 5) is 0. The molecule has 1 rings (SSSR count). The number of rotatable bonds is 8. The lowest BCUT2D eigenvalue weighted by Gasteiger charge is -2.20. The Bertz CT molecular complexity index is 396. The quantitative estimate of drug-likeness (QED) is 0.510. The van der Waals surface area contributed by atoms with E-state index in [1.807, 2.05) is 6.92 Å². The Morgan fingerprint density at radius 1 is 1.11 bits per heavy atom. The average Bonchev–Trinajstić information content (AvgIpc) is 2.38. The van der Waals surface area contributed by atoms with E-state index in [4.69, 9.17) is 11.6 Å². The van der Waals surface area contributed by atoms with Crippen LogP contribution in [0.2, 0.25) is 5.02 Å². The molecule has 0 saturated carbocycles. The van der Waals surface area contributed by atoms with Gasteiger partial charge in [0.1, 0.15) is 0 Å². The fourth-order valence-corrected chi connectivity index (χ4v) is 2.48. The second kappa shape index (κ2) is 8.49. The molecule has 0 heterocycles. The Morgan fingerprint density at radius 2 is 1.79 bits per heavy atom. The number of unbranched alkanes of at least 4 members (excludes halogenated alkanes) is 3. The van der Waals surface area contributed by atoms with E-state index in [2.05, 4.69) is 12.2 Å². The van der Waals surface area contributed by atoms with Gasteiger partial charge in [-0.1, -0.05) is 51.1 Å². The summed E-state index contributed by atoms with van der Waals surface area (Å²) < 4.78 is 26.4. The molecule has 1 N–H and O–H groups in total. The van der Waals surface area contributed by atoms with Crippen LogP contribution in [0.1, 0.15) is 57.6 Å². The maximum absolute atomic E-state index is 13.3. The number of nitrogens with one attached hydrogen (secondary N) is 1. The van der Waals surface area contributed by atoms with Gasteiger partial charge >= 0.3 is 0 Å². The van der Waals surface area contributed by atoms with Crippen LogP contribution in [0, 0.1) is 11.6 Å². The van der Waals surface area contributed by atoms with Crippen LogP contribution in [-0.2, 0) is 0 Å². The van der Waals surface area contributed by atoms with Crippen LogP contribution in [0.4, 0.5) is 8.78 Å². The van der Waals surface area contributed by atoms with Crippen molar-refractivity contribution in [2.24, 2.45) is 0 Å². The predicted octanol–water partition coefficient (Wildman–Crippen LogP) is 5.24. The highest BCUT2D eigenvalue weighted by atomic mass is 35.5. The summed E-state index contributed by atoms with van der Waals surface area (Å²) in [6.07, 6.45) is 5.47. The summed E-state index contributed by atoms with van der Waals surface area (Å²) in [5.41, 5.74) is 0.652. The molecule has 19 heavy (non-hydrogen) atoms. The standard InChI is InChI=1S/C15H22ClF2N/c1-3-5-6-7-8-15(19-4-2)11-9-13(17)14(18)10-12(11)16/h9-10,15,19H,3-8H2,1-2H3. The summed E-state index contributed by atoms with van der Waals surface area (Å²) in [6.45, 7) is 4.93. The van der Waals surface area contributed by atoms with Crippen molar-refractivity contribution >= 4 is 11.6 Å². The zero-order valence-corrected chi connectivity index (χ0v) is 12.4. The molecule has 1 aromatic rings. The van der Waals surface area contributed by atoms with Gasteiger partial charge in [-0.3, -0.25) is 0 Å². The first-order valence-electron chi connectivity index (χ1n) is 6.98. The summed E-state index contributed by atoms with van der Waals surface area (Å²) in [5, 5.41) is 3.58. The minimum absolute atomic E-state index is 0.00976. The van der Waals surface area contributed by atoms with E-state index >= 15 is 0 Å². The highest BCUT2D eigenvalue weighted by Gasteiger charge is 2.16. The van der Waals surface area contributed by atoms with Gasteiger partial charge in [0, 0.05) is 11.1 Å². The summed E-state index contributed by atoms with van der Waals surface area (Å²) in [6, 6.07) is 2.26. The van der Waals surface area contributed by atoms with Crippen LogP contribution < -0.4 is 5.32 Å². The van der Waals surface area contributed by atoms with E-state index < -0.39 is 11.6 Å². The third kappa shape index (κ3) is 5.07. The third-order valence-corrected chi connectivity index (χ3v) is 3.54. The first kappa shape index (κ1) is 16.4. The second-order valence-electron chi connectivity index (χ2n) is 4.75. The van der Waals surface area contributed by atoms with Crippen molar-refractivity contribution in [3.8, 4) is 0 Å². The van der Waals surface area contributed by atoms with Crippen LogP contribution >= 0.6 is 11.6 Å². The lowest BCUT2D eigenvalue weighted by atomic mass is 9.99. The van der Waals surface area contributed by atoms with Gasteiger partial charge in [0.25, 0.3) is 0 Å². The van der Waals surface area contributed by atoms with Crippen LogP contribution in [0.3, 0.4) is 0 Å². The molecule has 0 radical (unpaired) electrons. The molecule has 4 heteroatoms. The SMILES string of the molecule is CCCCCCC(NCC)c1cc(F)c(F)cc1Cl. The van der Waals surface area contributed by atoms with Gasteiger partial charge in [0.05, 0.1) is 0 Å². The summed E-state index contributed by atoms with van der Waals surface area (Å²) >= 11 is 6.03. The minimum Gasteiger partial charge on any atom is -0.310 e. The van der Waals surface area contributed by atoms with Crippen LogP contribution in [0.25, 0.3) is 0 Å². The summed E-state index contributed by atoms with van der Waals surface area (Å²) in [7, 11) is 0. The average molecular weight is 290 g/mol. The molecule has 1 unspecified atom stereocenters. The molecule has 0 aromatic heterocycles. The lowest BCUT2D eigenvalue weighted by molar-refractivity contribution is 0.470. The van der Waals surface area contributed by atoms with Crippen molar-refractivity contribution in [1.82, 2.24) is 5.32 Å². The number of hydrogen-bond acceptors (Lipinski definition) is 1. The van der Waals surface area contributed by atoms with Gasteiger partial charge in [0.15, 0.2) is 11.6 Å². The van der Waals surface area contributed by atoms with Gasteiger partial charge in [-0.25, -0.2) is 8.78 Å². The molecule has 0 saturated heterocycles. The maximum atomic E-state index is 13.3. The molecule has 0 aliphatic carbocycles. The highest BCUT2D eigenvalue weighted by Crippen LogP contribution is 2.29. The number of halogens is 3. The van der Waals surface area contributed by atoms with E-state index in [9.17, 15) is 8.78 Å². The Labute approximate surface area is 119 Å². The number of benzene rings is 1. The first-order chi connectivity index (χ1) is 9.10. The number of hydrogen-bond donors (Lipinski definition) is 1. The molecule has 0 amide bonds. The smallest absolute Gasteiger partial charge is 0.160 e. The molecule has 1 nitrogen and oxygen atoms in total. The van der Waals surface area contributed by atoms with Crippen LogP contribution in [0.5, 0.6) is 0 Å². The minimum atomic E-state index is -0.894. The van der Waals surface area contributed by atoms with Crippen molar-refractivity contribution in [3.63, 3.8) is 0 Å². The van der Waals surface area contributed by atoms with Crippen molar-refractivity contribution in [2.75, 3.05) is 6.54 Å².